The van der Waals surface area contributed by atoms with Gasteiger partial charge < -0.3 is 5.32 Å². The molecule has 2 heterocycles. The van der Waals surface area contributed by atoms with Crippen LogP contribution in [0, 0.1) is 5.82 Å². The lowest BCUT2D eigenvalue weighted by Crippen LogP contribution is -1.94. The zero-order valence-corrected chi connectivity index (χ0v) is 15.0. The fraction of sp³-hybridized carbons (Fsp3) is 0.0526. The summed E-state index contributed by atoms with van der Waals surface area (Å²) in [6.07, 6.45) is 3.59. The van der Waals surface area contributed by atoms with E-state index >= 15 is 0 Å². The highest BCUT2D eigenvalue weighted by atomic mass is 79.9. The van der Waals surface area contributed by atoms with E-state index in [9.17, 15) is 4.39 Å². The fourth-order valence-electron chi connectivity index (χ4n) is 2.80. The van der Waals surface area contributed by atoms with Gasteiger partial charge in [0.2, 0.25) is 0 Å². The lowest BCUT2D eigenvalue weighted by Gasteiger charge is -2.09. The van der Waals surface area contributed by atoms with Crippen LogP contribution in [0.3, 0.4) is 0 Å². The molecule has 1 N–H and O–H groups in total. The molecule has 0 spiro atoms. The number of hydrogen-bond acceptors (Lipinski definition) is 3. The van der Waals surface area contributed by atoms with Crippen molar-refractivity contribution >= 4 is 38.3 Å². The third-order valence-corrected chi connectivity index (χ3v) is 4.43. The van der Waals surface area contributed by atoms with Gasteiger partial charge in [0, 0.05) is 28.8 Å². The minimum absolute atomic E-state index is 0.310. The summed E-state index contributed by atoms with van der Waals surface area (Å²) in [4.78, 5) is 4.32. The summed E-state index contributed by atoms with van der Waals surface area (Å²) in [5.74, 6) is 0.344. The van der Waals surface area contributed by atoms with E-state index in [0.717, 1.165) is 22.0 Å². The first-order chi connectivity index (χ1) is 12.1. The molecule has 2 aromatic heterocycles. The third-order valence-electron chi connectivity index (χ3n) is 3.97. The number of benzene rings is 2. The van der Waals surface area contributed by atoms with Crippen molar-refractivity contribution in [3.63, 3.8) is 0 Å². The van der Waals surface area contributed by atoms with Crippen molar-refractivity contribution in [1.82, 2.24) is 14.8 Å². The van der Waals surface area contributed by atoms with Gasteiger partial charge in [0.1, 0.15) is 11.6 Å². The zero-order chi connectivity index (χ0) is 17.4. The molecule has 4 aromatic rings. The van der Waals surface area contributed by atoms with Crippen LogP contribution in [-0.4, -0.2) is 14.8 Å². The molecule has 0 saturated heterocycles. The molecule has 4 rings (SSSR count). The van der Waals surface area contributed by atoms with Gasteiger partial charge in [-0.3, -0.25) is 4.68 Å². The van der Waals surface area contributed by atoms with E-state index in [4.69, 9.17) is 0 Å². The molecule has 6 heteroatoms. The predicted molar refractivity (Wildman–Crippen MR) is 101 cm³/mol. The standard InChI is InChI=1S/C19H14BrFN4/c1-25-18-3-2-12(6-14(18)11-23-25)13-4-5-22-19(7-13)24-17-9-15(20)8-16(21)10-17/h2-11H,1H3,(H,22,24). The van der Waals surface area contributed by atoms with Crippen LogP contribution < -0.4 is 5.32 Å². The monoisotopic (exact) mass is 396 g/mol. The van der Waals surface area contributed by atoms with Gasteiger partial charge in [-0.25, -0.2) is 9.37 Å². The van der Waals surface area contributed by atoms with Crippen LogP contribution in [0.4, 0.5) is 15.9 Å². The second-order valence-electron chi connectivity index (χ2n) is 5.75. The van der Waals surface area contributed by atoms with Crippen molar-refractivity contribution in [2.75, 3.05) is 5.32 Å². The molecule has 0 aliphatic rings. The van der Waals surface area contributed by atoms with Crippen molar-refractivity contribution in [3.05, 3.63) is 71.2 Å². The second kappa shape index (κ2) is 6.29. The number of pyridine rings is 1. The number of halogens is 2. The molecule has 0 aliphatic heterocycles. The average Bonchev–Trinajstić information content (AvgIpc) is 2.95. The van der Waals surface area contributed by atoms with Crippen molar-refractivity contribution in [3.8, 4) is 11.1 Å². The number of aromatic nitrogens is 3. The maximum absolute atomic E-state index is 13.5. The topological polar surface area (TPSA) is 42.7 Å². The Labute approximate surface area is 152 Å². The molecule has 0 amide bonds. The Balaban J connectivity index is 1.68. The van der Waals surface area contributed by atoms with Gasteiger partial charge >= 0.3 is 0 Å². The highest BCUT2D eigenvalue weighted by molar-refractivity contribution is 9.10. The Morgan fingerprint density at radius 3 is 2.72 bits per heavy atom. The highest BCUT2D eigenvalue weighted by Crippen LogP contribution is 2.27. The fourth-order valence-corrected chi connectivity index (χ4v) is 3.26. The van der Waals surface area contributed by atoms with Gasteiger partial charge in [-0.15, -0.1) is 0 Å². The largest absolute Gasteiger partial charge is 0.340 e. The van der Waals surface area contributed by atoms with E-state index in [-0.39, 0.29) is 5.82 Å². The van der Waals surface area contributed by atoms with Gasteiger partial charge in [0.05, 0.1) is 11.7 Å². The summed E-state index contributed by atoms with van der Waals surface area (Å²) in [7, 11) is 1.92. The summed E-state index contributed by atoms with van der Waals surface area (Å²) in [6, 6.07) is 14.7. The van der Waals surface area contributed by atoms with E-state index in [1.165, 1.54) is 12.1 Å². The number of nitrogens with zero attached hydrogens (tertiary/aromatic N) is 3. The van der Waals surface area contributed by atoms with Crippen LogP contribution in [0.15, 0.2) is 65.4 Å². The summed E-state index contributed by atoms with van der Waals surface area (Å²) in [5, 5.41) is 8.50. The van der Waals surface area contributed by atoms with Crippen LogP contribution in [0.5, 0.6) is 0 Å². The molecule has 0 aliphatic carbocycles. The second-order valence-corrected chi connectivity index (χ2v) is 6.67. The normalized spacial score (nSPS) is 11.0. The van der Waals surface area contributed by atoms with Crippen LogP contribution in [-0.2, 0) is 7.05 Å². The van der Waals surface area contributed by atoms with Crippen molar-refractivity contribution in [2.45, 2.75) is 0 Å². The Kier molecular flexibility index (Phi) is 3.97. The molecular weight excluding hydrogens is 383 g/mol. The Morgan fingerprint density at radius 2 is 1.88 bits per heavy atom. The van der Waals surface area contributed by atoms with Crippen LogP contribution >= 0.6 is 15.9 Å². The molecule has 2 aromatic carbocycles. The lowest BCUT2D eigenvalue weighted by atomic mass is 10.1. The first-order valence-corrected chi connectivity index (χ1v) is 8.49. The minimum atomic E-state index is -0.310. The molecule has 4 nitrogen and oxygen atoms in total. The van der Waals surface area contributed by atoms with Crippen molar-refractivity contribution in [1.29, 1.82) is 0 Å². The van der Waals surface area contributed by atoms with Crippen molar-refractivity contribution in [2.24, 2.45) is 7.05 Å². The Bertz CT molecular complexity index is 1050. The van der Waals surface area contributed by atoms with Gasteiger partial charge in [-0.1, -0.05) is 22.0 Å². The van der Waals surface area contributed by atoms with E-state index in [1.54, 1.807) is 12.3 Å². The van der Waals surface area contributed by atoms with Gasteiger partial charge in [0.25, 0.3) is 0 Å². The molecule has 0 saturated carbocycles. The predicted octanol–water partition coefficient (Wildman–Crippen LogP) is 5.28. The molecule has 0 radical (unpaired) electrons. The molecule has 0 fully saturated rings. The quantitative estimate of drug-likeness (QED) is 0.512. The number of hydrogen-bond donors (Lipinski definition) is 1. The summed E-state index contributed by atoms with van der Waals surface area (Å²) in [6.45, 7) is 0. The molecule has 0 bridgehead atoms. The third kappa shape index (κ3) is 3.25. The van der Waals surface area contributed by atoms with Crippen LogP contribution in [0.2, 0.25) is 0 Å². The maximum atomic E-state index is 13.5. The first-order valence-electron chi connectivity index (χ1n) is 7.70. The van der Waals surface area contributed by atoms with Crippen LogP contribution in [0.25, 0.3) is 22.0 Å². The van der Waals surface area contributed by atoms with E-state index in [0.29, 0.717) is 16.0 Å². The summed E-state index contributed by atoms with van der Waals surface area (Å²) in [5.41, 5.74) is 3.82. The van der Waals surface area contributed by atoms with Crippen molar-refractivity contribution < 1.29 is 4.39 Å². The van der Waals surface area contributed by atoms with Crippen LogP contribution in [0.1, 0.15) is 0 Å². The molecule has 0 atom stereocenters. The smallest absolute Gasteiger partial charge is 0.130 e. The number of fused-ring (bicyclic) bond motifs is 1. The number of nitrogens with one attached hydrogen (secondary N) is 1. The van der Waals surface area contributed by atoms with E-state index in [1.807, 2.05) is 30.1 Å². The van der Waals surface area contributed by atoms with E-state index < -0.39 is 0 Å². The zero-order valence-electron chi connectivity index (χ0n) is 13.4. The molecule has 0 unspecified atom stereocenters. The Morgan fingerprint density at radius 1 is 1.04 bits per heavy atom. The first kappa shape index (κ1) is 15.8. The summed E-state index contributed by atoms with van der Waals surface area (Å²) < 4.78 is 16.0. The maximum Gasteiger partial charge on any atom is 0.130 e. The molecule has 25 heavy (non-hydrogen) atoms. The number of anilines is 2. The molecule has 124 valence electrons. The SMILES string of the molecule is Cn1ncc2cc(-c3ccnc(Nc4cc(F)cc(Br)c4)c3)ccc21. The number of aryl methyl sites for hydroxylation is 1. The highest BCUT2D eigenvalue weighted by Gasteiger charge is 2.06. The molecular formula is C19H14BrFN4. The number of rotatable bonds is 3. The lowest BCUT2D eigenvalue weighted by molar-refractivity contribution is 0.627. The van der Waals surface area contributed by atoms with Gasteiger partial charge in [0.15, 0.2) is 0 Å². The van der Waals surface area contributed by atoms with Gasteiger partial charge in [-0.05, 0) is 53.6 Å². The summed E-state index contributed by atoms with van der Waals surface area (Å²) >= 11 is 3.29. The van der Waals surface area contributed by atoms with Gasteiger partial charge in [-0.2, -0.15) is 5.10 Å². The average molecular weight is 397 g/mol. The van der Waals surface area contributed by atoms with E-state index in [2.05, 4.69) is 49.5 Å². The Hall–Kier alpha value is -2.73. The minimum Gasteiger partial charge on any atom is -0.340 e.